The Bertz CT molecular complexity index is 893. The van der Waals surface area contributed by atoms with Crippen LogP contribution in [0.1, 0.15) is 15.9 Å². The maximum atomic E-state index is 12.6. The molecule has 0 aliphatic rings. The van der Waals surface area contributed by atoms with Gasteiger partial charge in [0.25, 0.3) is 5.91 Å². The SMILES string of the molecule is O=C(Nc1cc(Cl)ccc1-n1cncn1)c1ccc(C(F)(F)F)cc1. The number of carbonyl (C=O) groups excluding carboxylic acids is 1. The van der Waals surface area contributed by atoms with Crippen molar-refractivity contribution >= 4 is 23.2 Å². The second kappa shape index (κ2) is 6.56. The maximum absolute atomic E-state index is 12.6. The molecule has 0 aliphatic carbocycles. The van der Waals surface area contributed by atoms with E-state index in [1.807, 2.05) is 0 Å². The number of aromatic nitrogens is 3. The van der Waals surface area contributed by atoms with Gasteiger partial charge in [-0.1, -0.05) is 11.6 Å². The fourth-order valence-electron chi connectivity index (χ4n) is 2.15. The zero-order valence-electron chi connectivity index (χ0n) is 12.5. The van der Waals surface area contributed by atoms with Crippen molar-refractivity contribution in [3.8, 4) is 5.69 Å². The molecular formula is C16H10ClF3N4O. The second-order valence-electron chi connectivity index (χ2n) is 5.03. The number of hydrogen-bond donors (Lipinski definition) is 1. The van der Waals surface area contributed by atoms with Crippen molar-refractivity contribution in [1.82, 2.24) is 14.8 Å². The largest absolute Gasteiger partial charge is 0.416 e. The number of hydrogen-bond acceptors (Lipinski definition) is 3. The molecule has 1 heterocycles. The van der Waals surface area contributed by atoms with Gasteiger partial charge in [0.05, 0.1) is 16.9 Å². The predicted molar refractivity (Wildman–Crippen MR) is 85.8 cm³/mol. The molecule has 2 aromatic carbocycles. The minimum absolute atomic E-state index is 0.0810. The summed E-state index contributed by atoms with van der Waals surface area (Å²) in [6.07, 6.45) is -1.69. The summed E-state index contributed by atoms with van der Waals surface area (Å²) in [6.45, 7) is 0. The van der Waals surface area contributed by atoms with Gasteiger partial charge in [-0.3, -0.25) is 4.79 Å². The summed E-state index contributed by atoms with van der Waals surface area (Å²) in [7, 11) is 0. The van der Waals surface area contributed by atoms with E-state index in [0.717, 1.165) is 24.3 Å². The third kappa shape index (κ3) is 3.80. The van der Waals surface area contributed by atoms with Gasteiger partial charge >= 0.3 is 6.18 Å². The van der Waals surface area contributed by atoms with Crippen LogP contribution in [-0.2, 0) is 6.18 Å². The standard InChI is InChI=1S/C16H10ClF3N4O/c17-12-5-6-14(24-9-21-8-22-24)13(7-12)23-15(25)10-1-3-11(4-2-10)16(18,19)20/h1-9H,(H,23,25). The van der Waals surface area contributed by atoms with Crippen LogP contribution in [0.25, 0.3) is 5.69 Å². The van der Waals surface area contributed by atoms with E-state index in [-0.39, 0.29) is 5.56 Å². The van der Waals surface area contributed by atoms with Gasteiger partial charge in [0, 0.05) is 10.6 Å². The molecule has 3 rings (SSSR count). The molecule has 0 atom stereocenters. The average molecular weight is 367 g/mol. The van der Waals surface area contributed by atoms with Gasteiger partial charge in [0.15, 0.2) is 0 Å². The van der Waals surface area contributed by atoms with Crippen LogP contribution >= 0.6 is 11.6 Å². The van der Waals surface area contributed by atoms with Crippen LogP contribution in [0.3, 0.4) is 0 Å². The van der Waals surface area contributed by atoms with Crippen LogP contribution in [0.4, 0.5) is 18.9 Å². The lowest BCUT2D eigenvalue weighted by Gasteiger charge is -2.12. The zero-order valence-corrected chi connectivity index (χ0v) is 13.2. The molecule has 0 spiro atoms. The smallest absolute Gasteiger partial charge is 0.320 e. The number of carbonyl (C=O) groups is 1. The number of amides is 1. The van der Waals surface area contributed by atoms with E-state index in [2.05, 4.69) is 15.4 Å². The summed E-state index contributed by atoms with van der Waals surface area (Å²) in [6, 6.07) is 8.69. The number of anilines is 1. The van der Waals surface area contributed by atoms with Gasteiger partial charge in [-0.15, -0.1) is 0 Å². The van der Waals surface area contributed by atoms with E-state index < -0.39 is 17.6 Å². The molecule has 3 aromatic rings. The number of nitrogens with zero attached hydrogens (tertiary/aromatic N) is 3. The quantitative estimate of drug-likeness (QED) is 0.756. The molecule has 128 valence electrons. The fraction of sp³-hybridized carbons (Fsp3) is 0.0625. The van der Waals surface area contributed by atoms with Gasteiger partial charge in [-0.2, -0.15) is 18.3 Å². The Morgan fingerprint density at radius 1 is 1.12 bits per heavy atom. The molecular weight excluding hydrogens is 357 g/mol. The molecule has 9 heteroatoms. The average Bonchev–Trinajstić information content (AvgIpc) is 3.08. The van der Waals surface area contributed by atoms with E-state index in [1.165, 1.54) is 23.4 Å². The van der Waals surface area contributed by atoms with E-state index in [0.29, 0.717) is 16.4 Å². The molecule has 0 saturated heterocycles. The molecule has 1 N–H and O–H groups in total. The highest BCUT2D eigenvalue weighted by Crippen LogP contribution is 2.29. The normalized spacial score (nSPS) is 11.4. The van der Waals surface area contributed by atoms with Crippen molar-refractivity contribution in [3.05, 3.63) is 71.3 Å². The molecule has 0 aliphatic heterocycles. The summed E-state index contributed by atoms with van der Waals surface area (Å²) in [5.41, 5.74) is 0.123. The lowest BCUT2D eigenvalue weighted by atomic mass is 10.1. The minimum atomic E-state index is -4.46. The van der Waals surface area contributed by atoms with Gasteiger partial charge < -0.3 is 5.32 Å². The van der Waals surface area contributed by atoms with E-state index in [4.69, 9.17) is 11.6 Å². The Balaban J connectivity index is 1.87. The van der Waals surface area contributed by atoms with Gasteiger partial charge in [0.2, 0.25) is 0 Å². The maximum Gasteiger partial charge on any atom is 0.416 e. The molecule has 5 nitrogen and oxygen atoms in total. The zero-order chi connectivity index (χ0) is 18.0. The summed E-state index contributed by atoms with van der Waals surface area (Å²) < 4.78 is 39.2. The molecule has 0 unspecified atom stereocenters. The first-order chi connectivity index (χ1) is 11.8. The Labute approximate surface area is 145 Å². The first-order valence-electron chi connectivity index (χ1n) is 6.98. The van der Waals surface area contributed by atoms with Crippen molar-refractivity contribution in [2.75, 3.05) is 5.32 Å². The van der Waals surface area contributed by atoms with E-state index in [9.17, 15) is 18.0 Å². The van der Waals surface area contributed by atoms with Crippen LogP contribution in [0, 0.1) is 0 Å². The van der Waals surface area contributed by atoms with Crippen molar-refractivity contribution in [2.45, 2.75) is 6.18 Å². The molecule has 1 amide bonds. The Hall–Kier alpha value is -2.87. The van der Waals surface area contributed by atoms with Crippen molar-refractivity contribution in [3.63, 3.8) is 0 Å². The van der Waals surface area contributed by atoms with Crippen LogP contribution in [-0.4, -0.2) is 20.7 Å². The Morgan fingerprint density at radius 3 is 2.44 bits per heavy atom. The van der Waals surface area contributed by atoms with Gasteiger partial charge in [-0.25, -0.2) is 9.67 Å². The molecule has 0 bridgehead atoms. The van der Waals surface area contributed by atoms with Crippen LogP contribution < -0.4 is 5.32 Å². The molecule has 1 aromatic heterocycles. The van der Waals surface area contributed by atoms with Crippen molar-refractivity contribution in [1.29, 1.82) is 0 Å². The first-order valence-corrected chi connectivity index (χ1v) is 7.35. The van der Waals surface area contributed by atoms with Gasteiger partial charge in [-0.05, 0) is 42.5 Å². The highest BCUT2D eigenvalue weighted by molar-refractivity contribution is 6.31. The van der Waals surface area contributed by atoms with Crippen LogP contribution in [0.15, 0.2) is 55.1 Å². The third-order valence-electron chi connectivity index (χ3n) is 3.35. The summed E-state index contributed by atoms with van der Waals surface area (Å²) >= 11 is 5.96. The van der Waals surface area contributed by atoms with Crippen molar-refractivity contribution in [2.24, 2.45) is 0 Å². The highest BCUT2D eigenvalue weighted by Gasteiger charge is 2.30. The lowest BCUT2D eigenvalue weighted by Crippen LogP contribution is -2.14. The molecule has 25 heavy (non-hydrogen) atoms. The fourth-order valence-corrected chi connectivity index (χ4v) is 2.32. The number of alkyl halides is 3. The molecule has 0 saturated carbocycles. The monoisotopic (exact) mass is 366 g/mol. The third-order valence-corrected chi connectivity index (χ3v) is 3.58. The first kappa shape index (κ1) is 17.0. The summed E-state index contributed by atoms with van der Waals surface area (Å²) in [5.74, 6) is -0.572. The Morgan fingerprint density at radius 2 is 1.84 bits per heavy atom. The second-order valence-corrected chi connectivity index (χ2v) is 5.47. The van der Waals surface area contributed by atoms with E-state index in [1.54, 1.807) is 12.1 Å². The number of halogens is 4. The van der Waals surface area contributed by atoms with E-state index >= 15 is 0 Å². The summed E-state index contributed by atoms with van der Waals surface area (Å²) in [5, 5.41) is 6.98. The van der Waals surface area contributed by atoms with Crippen LogP contribution in [0.2, 0.25) is 5.02 Å². The topological polar surface area (TPSA) is 59.8 Å². The van der Waals surface area contributed by atoms with Crippen LogP contribution in [0.5, 0.6) is 0 Å². The Kier molecular flexibility index (Phi) is 4.45. The van der Waals surface area contributed by atoms with Crippen molar-refractivity contribution < 1.29 is 18.0 Å². The highest BCUT2D eigenvalue weighted by atomic mass is 35.5. The number of benzene rings is 2. The molecule has 0 radical (unpaired) electrons. The lowest BCUT2D eigenvalue weighted by molar-refractivity contribution is -0.137. The minimum Gasteiger partial charge on any atom is -0.320 e. The molecule has 0 fully saturated rings. The predicted octanol–water partition coefficient (Wildman–Crippen LogP) is 4.19. The van der Waals surface area contributed by atoms with Gasteiger partial charge in [0.1, 0.15) is 12.7 Å². The summed E-state index contributed by atoms with van der Waals surface area (Å²) in [4.78, 5) is 16.2. The number of nitrogens with one attached hydrogen (secondary N) is 1. The number of rotatable bonds is 3.